The standard InChI is InChI=1S/C23H25N3O3S/c1-3-23(4-2)21(28)25(22(29)24-23)14-20(27)26-17-12-8-9-13-19(17)30-15-18(26)16-10-6-5-7-11-16/h5-13,18H,3-4,14-15H2,1-2H3,(H,24,29). The average molecular weight is 424 g/mol. The molecular weight excluding hydrogens is 398 g/mol. The number of imide groups is 1. The number of rotatable bonds is 5. The zero-order valence-corrected chi connectivity index (χ0v) is 17.9. The molecule has 1 saturated heterocycles. The molecule has 0 aromatic heterocycles. The molecule has 1 unspecified atom stereocenters. The zero-order chi connectivity index (χ0) is 21.3. The van der Waals surface area contributed by atoms with Crippen molar-refractivity contribution in [3.05, 3.63) is 60.2 Å². The van der Waals surface area contributed by atoms with E-state index in [1.165, 1.54) is 0 Å². The van der Waals surface area contributed by atoms with E-state index in [9.17, 15) is 14.4 Å². The van der Waals surface area contributed by atoms with Crippen molar-refractivity contribution in [2.24, 2.45) is 0 Å². The highest BCUT2D eigenvalue weighted by Gasteiger charge is 2.49. The predicted octanol–water partition coefficient (Wildman–Crippen LogP) is 3.98. The van der Waals surface area contributed by atoms with E-state index in [0.717, 1.165) is 21.0 Å². The lowest BCUT2D eigenvalue weighted by molar-refractivity contribution is -0.134. The maximum absolute atomic E-state index is 13.5. The summed E-state index contributed by atoms with van der Waals surface area (Å²) in [5, 5.41) is 2.80. The molecule has 2 aromatic carbocycles. The Hall–Kier alpha value is -2.80. The summed E-state index contributed by atoms with van der Waals surface area (Å²) in [5.74, 6) is 0.130. The Labute approximate surface area is 180 Å². The molecule has 7 heteroatoms. The molecule has 2 aliphatic rings. The van der Waals surface area contributed by atoms with E-state index >= 15 is 0 Å². The first kappa shape index (κ1) is 20.5. The Kier molecular flexibility index (Phi) is 5.56. The Morgan fingerprint density at radius 2 is 1.73 bits per heavy atom. The molecule has 2 aliphatic heterocycles. The van der Waals surface area contributed by atoms with Gasteiger partial charge < -0.3 is 10.2 Å². The number of hydrogen-bond acceptors (Lipinski definition) is 4. The topological polar surface area (TPSA) is 69.7 Å². The monoisotopic (exact) mass is 423 g/mol. The van der Waals surface area contributed by atoms with Crippen molar-refractivity contribution >= 4 is 35.3 Å². The van der Waals surface area contributed by atoms with Crippen LogP contribution in [0.3, 0.4) is 0 Å². The van der Waals surface area contributed by atoms with Crippen LogP contribution in [0.2, 0.25) is 0 Å². The van der Waals surface area contributed by atoms with E-state index in [1.807, 2.05) is 68.4 Å². The van der Waals surface area contributed by atoms with Crippen molar-refractivity contribution in [3.8, 4) is 0 Å². The van der Waals surface area contributed by atoms with Gasteiger partial charge in [0.25, 0.3) is 5.91 Å². The first-order valence-electron chi connectivity index (χ1n) is 10.2. The smallest absolute Gasteiger partial charge is 0.323 e. The van der Waals surface area contributed by atoms with Gasteiger partial charge in [-0.25, -0.2) is 4.79 Å². The van der Waals surface area contributed by atoms with Gasteiger partial charge in [-0.15, -0.1) is 11.8 Å². The van der Waals surface area contributed by atoms with Crippen molar-refractivity contribution in [3.63, 3.8) is 0 Å². The lowest BCUT2D eigenvalue weighted by atomic mass is 9.93. The molecule has 1 fully saturated rings. The Bertz CT molecular complexity index is 975. The van der Waals surface area contributed by atoms with Crippen molar-refractivity contribution in [1.29, 1.82) is 0 Å². The lowest BCUT2D eigenvalue weighted by Crippen LogP contribution is -2.48. The number of nitrogens with zero attached hydrogens (tertiary/aromatic N) is 2. The van der Waals surface area contributed by atoms with Gasteiger partial charge in [0.1, 0.15) is 12.1 Å². The molecule has 4 rings (SSSR count). The molecule has 0 bridgehead atoms. The van der Waals surface area contributed by atoms with Gasteiger partial charge in [-0.3, -0.25) is 14.5 Å². The number of carbonyl (C=O) groups is 3. The minimum Gasteiger partial charge on any atom is -0.323 e. The number of fused-ring (bicyclic) bond motifs is 1. The van der Waals surface area contributed by atoms with Gasteiger partial charge in [0.05, 0.1) is 11.7 Å². The number of urea groups is 1. The normalized spacial score (nSPS) is 20.1. The molecular formula is C23H25N3O3S. The van der Waals surface area contributed by atoms with Gasteiger partial charge in [0, 0.05) is 10.6 Å². The van der Waals surface area contributed by atoms with Crippen molar-refractivity contribution in [2.75, 3.05) is 17.2 Å². The molecule has 0 saturated carbocycles. The van der Waals surface area contributed by atoms with E-state index in [-0.39, 0.29) is 24.4 Å². The third kappa shape index (κ3) is 3.37. The second-order valence-corrected chi connectivity index (χ2v) is 8.64. The molecule has 1 N–H and O–H groups in total. The van der Waals surface area contributed by atoms with E-state index in [0.29, 0.717) is 18.6 Å². The van der Waals surface area contributed by atoms with Crippen LogP contribution < -0.4 is 10.2 Å². The fraction of sp³-hybridized carbons (Fsp3) is 0.348. The van der Waals surface area contributed by atoms with Gasteiger partial charge in [0.15, 0.2) is 0 Å². The highest BCUT2D eigenvalue weighted by Crippen LogP contribution is 2.43. The Morgan fingerprint density at radius 3 is 2.40 bits per heavy atom. The summed E-state index contributed by atoms with van der Waals surface area (Å²) >= 11 is 1.71. The van der Waals surface area contributed by atoms with E-state index in [4.69, 9.17) is 0 Å². The summed E-state index contributed by atoms with van der Waals surface area (Å²) < 4.78 is 0. The number of benzene rings is 2. The molecule has 156 valence electrons. The maximum atomic E-state index is 13.5. The van der Waals surface area contributed by atoms with Crippen LogP contribution in [0.15, 0.2) is 59.5 Å². The fourth-order valence-corrected chi connectivity index (χ4v) is 5.35. The second kappa shape index (κ2) is 8.14. The van der Waals surface area contributed by atoms with E-state index < -0.39 is 11.6 Å². The molecule has 0 radical (unpaired) electrons. The summed E-state index contributed by atoms with van der Waals surface area (Å²) in [4.78, 5) is 42.9. The van der Waals surface area contributed by atoms with Gasteiger partial charge in [-0.1, -0.05) is 56.3 Å². The molecule has 2 heterocycles. The molecule has 1 atom stereocenters. The minimum atomic E-state index is -0.911. The number of hydrogen-bond donors (Lipinski definition) is 1. The van der Waals surface area contributed by atoms with Crippen molar-refractivity contribution in [1.82, 2.24) is 10.2 Å². The van der Waals surface area contributed by atoms with Crippen LogP contribution >= 0.6 is 11.8 Å². The number of thioether (sulfide) groups is 1. The van der Waals surface area contributed by atoms with Gasteiger partial charge in [-0.2, -0.15) is 0 Å². The fourth-order valence-electron chi connectivity index (χ4n) is 4.18. The lowest BCUT2D eigenvalue weighted by Gasteiger charge is -2.37. The SMILES string of the molecule is CCC1(CC)NC(=O)N(CC(=O)N2c3ccccc3SCC2c2ccccc2)C1=O. The van der Waals surface area contributed by atoms with E-state index in [1.54, 1.807) is 16.7 Å². The predicted molar refractivity (Wildman–Crippen MR) is 117 cm³/mol. The minimum absolute atomic E-state index is 0.165. The van der Waals surface area contributed by atoms with Crippen LogP contribution in [-0.4, -0.2) is 40.6 Å². The molecule has 2 aromatic rings. The zero-order valence-electron chi connectivity index (χ0n) is 17.1. The number of anilines is 1. The average Bonchev–Trinajstić information content (AvgIpc) is 3.03. The van der Waals surface area contributed by atoms with Gasteiger partial charge >= 0.3 is 6.03 Å². The number of carbonyl (C=O) groups excluding carboxylic acids is 3. The van der Waals surface area contributed by atoms with Gasteiger partial charge in [0.2, 0.25) is 5.91 Å². The maximum Gasteiger partial charge on any atom is 0.325 e. The molecule has 4 amide bonds. The molecule has 6 nitrogen and oxygen atoms in total. The third-order valence-corrected chi connectivity index (χ3v) is 7.17. The van der Waals surface area contributed by atoms with Crippen LogP contribution in [0.1, 0.15) is 38.3 Å². The van der Waals surface area contributed by atoms with Crippen LogP contribution in [0.4, 0.5) is 10.5 Å². The second-order valence-electron chi connectivity index (χ2n) is 7.58. The van der Waals surface area contributed by atoms with Crippen molar-refractivity contribution < 1.29 is 14.4 Å². The Balaban J connectivity index is 1.67. The van der Waals surface area contributed by atoms with Gasteiger partial charge in [-0.05, 0) is 30.5 Å². The quantitative estimate of drug-likeness (QED) is 0.739. The third-order valence-electron chi connectivity index (χ3n) is 6.03. The highest BCUT2D eigenvalue weighted by molar-refractivity contribution is 7.99. The largest absolute Gasteiger partial charge is 0.325 e. The summed E-state index contributed by atoms with van der Waals surface area (Å²) in [6.07, 6.45) is 0.989. The summed E-state index contributed by atoms with van der Waals surface area (Å²) in [6, 6.07) is 17.0. The number of para-hydroxylation sites is 1. The number of nitrogens with one attached hydrogen (secondary N) is 1. The number of amides is 4. The highest BCUT2D eigenvalue weighted by atomic mass is 32.2. The summed E-state index contributed by atoms with van der Waals surface area (Å²) in [5.41, 5.74) is 0.935. The Morgan fingerprint density at radius 1 is 1.07 bits per heavy atom. The summed E-state index contributed by atoms with van der Waals surface area (Å²) in [6.45, 7) is 3.47. The van der Waals surface area contributed by atoms with Crippen LogP contribution in [0.5, 0.6) is 0 Å². The first-order chi connectivity index (χ1) is 14.5. The van der Waals surface area contributed by atoms with Crippen LogP contribution in [-0.2, 0) is 9.59 Å². The molecule has 0 spiro atoms. The van der Waals surface area contributed by atoms with Crippen LogP contribution in [0.25, 0.3) is 0 Å². The first-order valence-corrected chi connectivity index (χ1v) is 11.2. The molecule has 0 aliphatic carbocycles. The van der Waals surface area contributed by atoms with E-state index in [2.05, 4.69) is 5.32 Å². The van der Waals surface area contributed by atoms with Crippen molar-refractivity contribution in [2.45, 2.75) is 43.2 Å². The summed E-state index contributed by atoms with van der Waals surface area (Å²) in [7, 11) is 0. The molecule has 30 heavy (non-hydrogen) atoms. The van der Waals surface area contributed by atoms with Crippen LogP contribution in [0, 0.1) is 0 Å².